The summed E-state index contributed by atoms with van der Waals surface area (Å²) in [6.45, 7) is 4.59. The van der Waals surface area contributed by atoms with Gasteiger partial charge in [0.1, 0.15) is 0 Å². The van der Waals surface area contributed by atoms with E-state index >= 15 is 0 Å². The Hall–Kier alpha value is -1.35. The van der Waals surface area contributed by atoms with Gasteiger partial charge in [-0.25, -0.2) is 0 Å². The van der Waals surface area contributed by atoms with Gasteiger partial charge in [0.15, 0.2) is 0 Å². The zero-order valence-electron chi connectivity index (χ0n) is 14.3. The van der Waals surface area contributed by atoms with Gasteiger partial charge >= 0.3 is 0 Å². The molecule has 0 spiro atoms. The predicted octanol–water partition coefficient (Wildman–Crippen LogP) is 3.80. The molecule has 0 radical (unpaired) electrons. The second-order valence-corrected chi connectivity index (χ2v) is 8.35. The molecule has 0 heterocycles. The number of benzene rings is 1. The van der Waals surface area contributed by atoms with Gasteiger partial charge in [0.2, 0.25) is 5.91 Å². The Morgan fingerprint density at radius 2 is 1.70 bits per heavy atom. The summed E-state index contributed by atoms with van der Waals surface area (Å²) < 4.78 is 0. The fraction of sp³-hybridized carbons (Fsp3) is 0.650. The summed E-state index contributed by atoms with van der Waals surface area (Å²) in [6.07, 6.45) is 8.18. The lowest BCUT2D eigenvalue weighted by Crippen LogP contribution is -2.59. The molecule has 4 aliphatic rings. The van der Waals surface area contributed by atoms with Crippen LogP contribution in [0.5, 0.6) is 0 Å². The number of nitrogens with one attached hydrogen (secondary N) is 2. The Kier molecular flexibility index (Phi) is 3.72. The molecule has 4 fully saturated rings. The molecule has 1 aromatic carbocycles. The molecule has 4 saturated carbocycles. The monoisotopic (exact) mass is 312 g/mol. The molecule has 4 bridgehead atoms. The van der Waals surface area contributed by atoms with Crippen molar-refractivity contribution in [2.45, 2.75) is 57.9 Å². The zero-order valence-corrected chi connectivity index (χ0v) is 14.3. The normalized spacial score (nSPS) is 34.6. The highest BCUT2D eigenvalue weighted by Gasteiger charge is 2.50. The van der Waals surface area contributed by atoms with E-state index < -0.39 is 0 Å². The first-order chi connectivity index (χ1) is 11.0. The molecule has 0 saturated heterocycles. The van der Waals surface area contributed by atoms with E-state index in [9.17, 15) is 4.79 Å². The number of rotatable bonds is 4. The maximum Gasteiger partial charge on any atom is 0.238 e. The SMILES string of the molecule is Cc1cccc(NC(=O)CNC23CC4CC(CC(C4)C2)C3)c1C. The van der Waals surface area contributed by atoms with Gasteiger partial charge in [0.05, 0.1) is 6.54 Å². The van der Waals surface area contributed by atoms with Crippen LogP contribution in [0.1, 0.15) is 49.7 Å². The van der Waals surface area contributed by atoms with Crippen LogP contribution in [0.2, 0.25) is 0 Å². The third kappa shape index (κ3) is 2.91. The van der Waals surface area contributed by atoms with Crippen molar-refractivity contribution in [1.82, 2.24) is 5.32 Å². The minimum Gasteiger partial charge on any atom is -0.325 e. The second-order valence-electron chi connectivity index (χ2n) is 8.35. The number of anilines is 1. The minimum absolute atomic E-state index is 0.0921. The minimum atomic E-state index is 0.0921. The molecule has 3 heteroatoms. The van der Waals surface area contributed by atoms with Crippen LogP contribution in [-0.4, -0.2) is 18.0 Å². The van der Waals surface area contributed by atoms with Crippen molar-refractivity contribution in [2.24, 2.45) is 17.8 Å². The van der Waals surface area contributed by atoms with E-state index in [1.807, 2.05) is 12.1 Å². The summed E-state index contributed by atoms with van der Waals surface area (Å²) in [4.78, 5) is 12.4. The molecular formula is C20H28N2O. The van der Waals surface area contributed by atoms with Crippen LogP contribution in [0.3, 0.4) is 0 Å². The van der Waals surface area contributed by atoms with Crippen molar-refractivity contribution in [3.8, 4) is 0 Å². The van der Waals surface area contributed by atoms with Crippen LogP contribution in [0.25, 0.3) is 0 Å². The summed E-state index contributed by atoms with van der Waals surface area (Å²) in [5.74, 6) is 2.83. The molecule has 0 atom stereocenters. The highest BCUT2D eigenvalue weighted by molar-refractivity contribution is 5.93. The van der Waals surface area contributed by atoms with Crippen LogP contribution in [0.15, 0.2) is 18.2 Å². The molecule has 4 aliphatic carbocycles. The smallest absolute Gasteiger partial charge is 0.238 e. The highest BCUT2D eigenvalue weighted by Crippen LogP contribution is 2.55. The molecule has 124 valence electrons. The van der Waals surface area contributed by atoms with E-state index in [0.717, 1.165) is 29.0 Å². The molecule has 0 aliphatic heterocycles. The van der Waals surface area contributed by atoms with E-state index in [2.05, 4.69) is 30.5 Å². The average Bonchev–Trinajstić information content (AvgIpc) is 2.49. The number of aryl methyl sites for hydroxylation is 1. The fourth-order valence-corrected chi connectivity index (χ4v) is 5.68. The topological polar surface area (TPSA) is 41.1 Å². The maximum atomic E-state index is 12.4. The van der Waals surface area contributed by atoms with Crippen molar-refractivity contribution < 1.29 is 4.79 Å². The van der Waals surface area contributed by atoms with Gasteiger partial charge < -0.3 is 10.6 Å². The summed E-state index contributed by atoms with van der Waals surface area (Å²) in [6, 6.07) is 6.08. The Morgan fingerprint density at radius 1 is 1.09 bits per heavy atom. The standard InChI is InChI=1S/C20H28N2O/c1-13-4-3-5-18(14(13)2)22-19(23)12-21-20-9-15-6-16(10-20)8-17(7-15)11-20/h3-5,15-17,21H,6-12H2,1-2H3,(H,22,23). The Morgan fingerprint density at radius 3 is 2.30 bits per heavy atom. The van der Waals surface area contributed by atoms with Crippen molar-refractivity contribution in [2.75, 3.05) is 11.9 Å². The first-order valence-electron chi connectivity index (χ1n) is 9.14. The molecule has 0 aromatic heterocycles. The largest absolute Gasteiger partial charge is 0.325 e. The van der Waals surface area contributed by atoms with E-state index in [0.29, 0.717) is 6.54 Å². The van der Waals surface area contributed by atoms with Gasteiger partial charge in [-0.1, -0.05) is 12.1 Å². The van der Waals surface area contributed by atoms with Crippen LogP contribution in [-0.2, 0) is 4.79 Å². The van der Waals surface area contributed by atoms with Crippen LogP contribution >= 0.6 is 0 Å². The van der Waals surface area contributed by atoms with Crippen molar-refractivity contribution in [3.63, 3.8) is 0 Å². The molecule has 0 unspecified atom stereocenters. The van der Waals surface area contributed by atoms with Gasteiger partial charge in [0.25, 0.3) is 0 Å². The first-order valence-corrected chi connectivity index (χ1v) is 9.14. The molecule has 2 N–H and O–H groups in total. The summed E-state index contributed by atoms with van der Waals surface area (Å²) >= 11 is 0. The molecule has 1 amide bonds. The lowest BCUT2D eigenvalue weighted by atomic mass is 9.53. The third-order valence-electron chi connectivity index (χ3n) is 6.54. The molecular weight excluding hydrogens is 284 g/mol. The van der Waals surface area contributed by atoms with Crippen LogP contribution in [0.4, 0.5) is 5.69 Å². The average molecular weight is 312 g/mol. The van der Waals surface area contributed by atoms with E-state index in [-0.39, 0.29) is 11.4 Å². The number of hydrogen-bond donors (Lipinski definition) is 2. The fourth-order valence-electron chi connectivity index (χ4n) is 5.68. The van der Waals surface area contributed by atoms with Gasteiger partial charge in [-0.2, -0.15) is 0 Å². The highest BCUT2D eigenvalue weighted by atomic mass is 16.1. The molecule has 5 rings (SSSR count). The van der Waals surface area contributed by atoms with E-state index in [4.69, 9.17) is 0 Å². The maximum absolute atomic E-state index is 12.4. The Labute approximate surface area is 139 Å². The van der Waals surface area contributed by atoms with Gasteiger partial charge in [-0.05, 0) is 87.3 Å². The summed E-state index contributed by atoms with van der Waals surface area (Å²) in [5, 5.41) is 6.75. The van der Waals surface area contributed by atoms with E-state index in [1.54, 1.807) is 0 Å². The zero-order chi connectivity index (χ0) is 16.0. The lowest BCUT2D eigenvalue weighted by Gasteiger charge is -2.57. The van der Waals surface area contributed by atoms with Crippen molar-refractivity contribution in [3.05, 3.63) is 29.3 Å². The van der Waals surface area contributed by atoms with Gasteiger partial charge in [0, 0.05) is 11.2 Å². The quantitative estimate of drug-likeness (QED) is 0.888. The van der Waals surface area contributed by atoms with Crippen LogP contribution in [0, 0.1) is 31.6 Å². The molecule has 3 nitrogen and oxygen atoms in total. The molecule has 1 aromatic rings. The van der Waals surface area contributed by atoms with Crippen LogP contribution < -0.4 is 10.6 Å². The predicted molar refractivity (Wildman–Crippen MR) is 93.5 cm³/mol. The Bertz CT molecular complexity index is 587. The summed E-state index contributed by atoms with van der Waals surface area (Å²) in [5.41, 5.74) is 3.59. The van der Waals surface area contributed by atoms with E-state index in [1.165, 1.54) is 44.1 Å². The third-order valence-corrected chi connectivity index (χ3v) is 6.54. The number of carbonyl (C=O) groups is 1. The Balaban J connectivity index is 1.37. The van der Waals surface area contributed by atoms with Crippen molar-refractivity contribution >= 4 is 11.6 Å². The second kappa shape index (κ2) is 5.62. The number of hydrogen-bond acceptors (Lipinski definition) is 2. The molecule has 23 heavy (non-hydrogen) atoms. The van der Waals surface area contributed by atoms with Gasteiger partial charge in [-0.3, -0.25) is 4.79 Å². The number of amides is 1. The van der Waals surface area contributed by atoms with Crippen molar-refractivity contribution in [1.29, 1.82) is 0 Å². The lowest BCUT2D eigenvalue weighted by molar-refractivity contribution is -0.116. The first kappa shape index (κ1) is 15.2. The van der Waals surface area contributed by atoms with Gasteiger partial charge in [-0.15, -0.1) is 0 Å². The summed E-state index contributed by atoms with van der Waals surface area (Å²) in [7, 11) is 0. The number of carbonyl (C=O) groups excluding carboxylic acids is 1.